The number of carbonyl (C=O) groups excluding carboxylic acids is 1. The van der Waals surface area contributed by atoms with Crippen molar-refractivity contribution in [1.29, 1.82) is 0 Å². The van der Waals surface area contributed by atoms with Crippen LogP contribution in [0, 0.1) is 13.8 Å². The third kappa shape index (κ3) is 4.89. The molecule has 0 aliphatic rings. The van der Waals surface area contributed by atoms with Gasteiger partial charge >= 0.3 is 11.9 Å². The number of carboxylic acids is 2. The molecule has 1 aromatic heterocycles. The molecule has 2 aromatic carbocycles. The monoisotopic (exact) mass is 483 g/mol. The number of carboxylic acid groups (broad SMARTS) is 2. The van der Waals surface area contributed by atoms with Crippen molar-refractivity contribution in [1.82, 2.24) is 9.99 Å². The standard InChI is InChI=1S/C22H18BrN3O5/c1-12-6-17(11-24-25-20(27)14-4-3-5-18(23)8-14)13(2)26(12)19-9-15(21(28)29)7-16(10-19)22(30)31/h3-11H,1-2H3,(H,25,27)(H,28,29)(H,30,31)/b24-11-. The quantitative estimate of drug-likeness (QED) is 0.361. The molecule has 0 bridgehead atoms. The van der Waals surface area contributed by atoms with Gasteiger partial charge in [0.05, 0.1) is 17.3 Å². The topological polar surface area (TPSA) is 121 Å². The van der Waals surface area contributed by atoms with Gasteiger partial charge in [0.1, 0.15) is 0 Å². The van der Waals surface area contributed by atoms with E-state index in [2.05, 4.69) is 26.5 Å². The highest BCUT2D eigenvalue weighted by molar-refractivity contribution is 9.10. The molecular formula is C22H18BrN3O5. The molecule has 3 rings (SSSR count). The van der Waals surface area contributed by atoms with Crippen molar-refractivity contribution in [2.75, 3.05) is 0 Å². The largest absolute Gasteiger partial charge is 0.478 e. The number of nitrogens with one attached hydrogen (secondary N) is 1. The SMILES string of the molecule is Cc1cc(/C=N\NC(=O)c2cccc(Br)c2)c(C)n1-c1cc(C(=O)O)cc(C(=O)O)c1. The molecule has 1 heterocycles. The lowest BCUT2D eigenvalue weighted by Crippen LogP contribution is -2.17. The van der Waals surface area contributed by atoms with Crippen molar-refractivity contribution < 1.29 is 24.6 Å². The van der Waals surface area contributed by atoms with Gasteiger partial charge in [-0.3, -0.25) is 4.79 Å². The molecule has 9 heteroatoms. The Balaban J connectivity index is 1.91. The number of carbonyl (C=O) groups is 3. The third-order valence-electron chi connectivity index (χ3n) is 4.60. The maximum absolute atomic E-state index is 12.2. The number of aromatic carboxylic acids is 2. The smallest absolute Gasteiger partial charge is 0.335 e. The second-order valence-electron chi connectivity index (χ2n) is 6.75. The number of hydrogen-bond acceptors (Lipinski definition) is 4. The van der Waals surface area contributed by atoms with Crippen molar-refractivity contribution in [3.63, 3.8) is 0 Å². The second kappa shape index (κ2) is 8.97. The average Bonchev–Trinajstić information content (AvgIpc) is 3.00. The van der Waals surface area contributed by atoms with Gasteiger partial charge in [0.25, 0.3) is 5.91 Å². The summed E-state index contributed by atoms with van der Waals surface area (Å²) in [4.78, 5) is 35.0. The predicted octanol–water partition coefficient (Wildman–Crippen LogP) is 4.02. The highest BCUT2D eigenvalue weighted by Gasteiger charge is 2.16. The number of halogens is 1. The van der Waals surface area contributed by atoms with E-state index in [-0.39, 0.29) is 17.0 Å². The van der Waals surface area contributed by atoms with E-state index in [1.54, 1.807) is 42.7 Å². The zero-order valence-corrected chi connectivity index (χ0v) is 18.2. The Bertz CT molecular complexity index is 1200. The minimum absolute atomic E-state index is 0.126. The molecular weight excluding hydrogens is 466 g/mol. The zero-order chi connectivity index (χ0) is 22.7. The highest BCUT2D eigenvalue weighted by Crippen LogP contribution is 2.22. The molecule has 31 heavy (non-hydrogen) atoms. The molecule has 0 saturated heterocycles. The molecule has 3 N–H and O–H groups in total. The first kappa shape index (κ1) is 22.0. The van der Waals surface area contributed by atoms with Gasteiger partial charge in [0.2, 0.25) is 0 Å². The van der Waals surface area contributed by atoms with Gasteiger partial charge in [0.15, 0.2) is 0 Å². The number of amides is 1. The van der Waals surface area contributed by atoms with E-state index in [1.165, 1.54) is 18.3 Å². The number of benzene rings is 2. The Morgan fingerprint density at radius 1 is 0.968 bits per heavy atom. The highest BCUT2D eigenvalue weighted by atomic mass is 79.9. The molecule has 0 spiro atoms. The average molecular weight is 484 g/mol. The maximum atomic E-state index is 12.2. The first-order chi connectivity index (χ1) is 14.7. The summed E-state index contributed by atoms with van der Waals surface area (Å²) in [5, 5.41) is 22.6. The Hall–Kier alpha value is -3.72. The summed E-state index contributed by atoms with van der Waals surface area (Å²) in [7, 11) is 0. The predicted molar refractivity (Wildman–Crippen MR) is 118 cm³/mol. The normalized spacial score (nSPS) is 10.9. The van der Waals surface area contributed by atoms with Crippen LogP contribution in [-0.4, -0.2) is 38.8 Å². The Kier molecular flexibility index (Phi) is 6.36. The number of aromatic nitrogens is 1. The van der Waals surface area contributed by atoms with Crippen molar-refractivity contribution in [2.45, 2.75) is 13.8 Å². The summed E-state index contributed by atoms with van der Waals surface area (Å²) < 4.78 is 2.51. The lowest BCUT2D eigenvalue weighted by atomic mass is 10.1. The summed E-state index contributed by atoms with van der Waals surface area (Å²) in [5.74, 6) is -2.81. The first-order valence-electron chi connectivity index (χ1n) is 9.07. The van der Waals surface area contributed by atoms with E-state index in [0.29, 0.717) is 22.5 Å². The van der Waals surface area contributed by atoms with Gasteiger partial charge in [-0.1, -0.05) is 22.0 Å². The van der Waals surface area contributed by atoms with Gasteiger partial charge in [-0.2, -0.15) is 5.10 Å². The number of hydrazone groups is 1. The summed E-state index contributed by atoms with van der Waals surface area (Å²) in [6, 6.07) is 12.6. The van der Waals surface area contributed by atoms with Crippen LogP contribution >= 0.6 is 15.9 Å². The van der Waals surface area contributed by atoms with Crippen LogP contribution < -0.4 is 5.43 Å². The fourth-order valence-corrected chi connectivity index (χ4v) is 3.56. The van der Waals surface area contributed by atoms with Crippen LogP contribution in [-0.2, 0) is 0 Å². The van der Waals surface area contributed by atoms with E-state index in [9.17, 15) is 24.6 Å². The molecule has 3 aromatic rings. The molecule has 0 fully saturated rings. The Morgan fingerprint density at radius 2 is 1.61 bits per heavy atom. The fraction of sp³-hybridized carbons (Fsp3) is 0.0909. The zero-order valence-electron chi connectivity index (χ0n) is 16.6. The maximum Gasteiger partial charge on any atom is 0.335 e. The van der Waals surface area contributed by atoms with Gasteiger partial charge in [-0.15, -0.1) is 0 Å². The minimum Gasteiger partial charge on any atom is -0.478 e. The van der Waals surface area contributed by atoms with Crippen LogP contribution in [0.2, 0.25) is 0 Å². The van der Waals surface area contributed by atoms with E-state index >= 15 is 0 Å². The third-order valence-corrected chi connectivity index (χ3v) is 5.09. The van der Waals surface area contributed by atoms with Crippen LogP contribution in [0.25, 0.3) is 5.69 Å². The van der Waals surface area contributed by atoms with Crippen LogP contribution in [0.3, 0.4) is 0 Å². The van der Waals surface area contributed by atoms with E-state index in [1.807, 2.05) is 6.07 Å². The summed E-state index contributed by atoms with van der Waals surface area (Å²) in [6.45, 7) is 3.59. The van der Waals surface area contributed by atoms with Crippen LogP contribution in [0.15, 0.2) is 58.1 Å². The summed E-state index contributed by atoms with van der Waals surface area (Å²) in [6.07, 6.45) is 1.48. The lowest BCUT2D eigenvalue weighted by molar-refractivity contribution is 0.0696. The molecule has 0 unspecified atom stereocenters. The van der Waals surface area contributed by atoms with E-state index < -0.39 is 11.9 Å². The van der Waals surface area contributed by atoms with Gasteiger partial charge < -0.3 is 14.8 Å². The minimum atomic E-state index is -1.22. The van der Waals surface area contributed by atoms with Crippen LogP contribution in [0.4, 0.5) is 0 Å². The Labute approximate surface area is 186 Å². The van der Waals surface area contributed by atoms with E-state index in [0.717, 1.165) is 16.2 Å². The molecule has 0 aliphatic heterocycles. The first-order valence-corrected chi connectivity index (χ1v) is 9.86. The molecule has 0 atom stereocenters. The number of aryl methyl sites for hydroxylation is 1. The second-order valence-corrected chi connectivity index (χ2v) is 7.67. The molecule has 0 saturated carbocycles. The summed E-state index contributed by atoms with van der Waals surface area (Å²) in [5.41, 5.74) is 5.20. The molecule has 8 nitrogen and oxygen atoms in total. The van der Waals surface area contributed by atoms with Gasteiger partial charge in [-0.05, 0) is 56.3 Å². The van der Waals surface area contributed by atoms with Crippen LogP contribution in [0.5, 0.6) is 0 Å². The van der Waals surface area contributed by atoms with Crippen LogP contribution in [0.1, 0.15) is 48.0 Å². The van der Waals surface area contributed by atoms with Crippen molar-refractivity contribution in [3.05, 3.63) is 86.6 Å². The molecule has 0 aliphatic carbocycles. The molecule has 158 valence electrons. The van der Waals surface area contributed by atoms with Crippen molar-refractivity contribution in [2.24, 2.45) is 5.10 Å². The summed E-state index contributed by atoms with van der Waals surface area (Å²) >= 11 is 3.31. The molecule has 1 amide bonds. The van der Waals surface area contributed by atoms with Gasteiger partial charge in [-0.25, -0.2) is 15.0 Å². The van der Waals surface area contributed by atoms with Crippen molar-refractivity contribution in [3.8, 4) is 5.69 Å². The number of rotatable bonds is 6. The lowest BCUT2D eigenvalue weighted by Gasteiger charge is -2.12. The number of hydrogen-bond donors (Lipinski definition) is 3. The van der Waals surface area contributed by atoms with E-state index in [4.69, 9.17) is 0 Å². The Morgan fingerprint density at radius 3 is 2.19 bits per heavy atom. The van der Waals surface area contributed by atoms with Gasteiger partial charge in [0, 0.05) is 32.7 Å². The number of nitrogens with zero attached hydrogens (tertiary/aromatic N) is 2. The van der Waals surface area contributed by atoms with Crippen molar-refractivity contribution >= 4 is 40.0 Å². The molecule has 0 radical (unpaired) electrons. The fourth-order valence-electron chi connectivity index (χ4n) is 3.16.